The average molecular weight is 305 g/mol. The highest BCUT2D eigenvalue weighted by atomic mass is 19.4. The Morgan fingerprint density at radius 1 is 1.00 bits per heavy atom. The first-order valence-electron chi connectivity index (χ1n) is 7.95. The van der Waals surface area contributed by atoms with Gasteiger partial charge in [0.15, 0.2) is 0 Å². The van der Waals surface area contributed by atoms with Crippen LogP contribution in [0.1, 0.15) is 51.4 Å². The Morgan fingerprint density at radius 2 is 1.57 bits per heavy atom. The molecule has 3 nitrogen and oxygen atoms in total. The first kappa shape index (κ1) is 15.1. The fourth-order valence-electron chi connectivity index (χ4n) is 4.52. The minimum absolute atomic E-state index is 0.0536. The highest BCUT2D eigenvalue weighted by Crippen LogP contribution is 2.45. The van der Waals surface area contributed by atoms with Crippen molar-refractivity contribution in [2.45, 2.75) is 75.7 Å². The minimum atomic E-state index is -4.28. The second kappa shape index (κ2) is 5.45. The number of halogens is 3. The van der Waals surface area contributed by atoms with Gasteiger partial charge < -0.3 is 10.0 Å². The van der Waals surface area contributed by atoms with E-state index in [-0.39, 0.29) is 24.4 Å². The SMILES string of the molecule is O=C(C1CCCCC1C(F)(F)F)N1C2CCC1CC(O)C2. The number of hydrogen-bond acceptors (Lipinski definition) is 2. The molecule has 1 saturated carbocycles. The number of fused-ring (bicyclic) bond motifs is 2. The van der Waals surface area contributed by atoms with Gasteiger partial charge in [-0.2, -0.15) is 13.2 Å². The first-order chi connectivity index (χ1) is 9.88. The van der Waals surface area contributed by atoms with Crippen LogP contribution >= 0.6 is 0 Å². The van der Waals surface area contributed by atoms with Crippen LogP contribution in [0.5, 0.6) is 0 Å². The largest absolute Gasteiger partial charge is 0.393 e. The van der Waals surface area contributed by atoms with E-state index >= 15 is 0 Å². The third kappa shape index (κ3) is 2.79. The molecule has 6 heteroatoms. The summed E-state index contributed by atoms with van der Waals surface area (Å²) >= 11 is 0. The van der Waals surface area contributed by atoms with Gasteiger partial charge in [0.25, 0.3) is 0 Å². The molecular weight excluding hydrogens is 283 g/mol. The summed E-state index contributed by atoms with van der Waals surface area (Å²) in [5.74, 6) is -2.70. The number of amides is 1. The van der Waals surface area contributed by atoms with Gasteiger partial charge in [-0.25, -0.2) is 0 Å². The number of aliphatic hydroxyl groups is 1. The molecule has 0 aromatic heterocycles. The molecule has 120 valence electrons. The average Bonchev–Trinajstić information content (AvgIpc) is 2.69. The molecule has 1 N–H and O–H groups in total. The Morgan fingerprint density at radius 3 is 2.14 bits per heavy atom. The molecule has 21 heavy (non-hydrogen) atoms. The lowest BCUT2D eigenvalue weighted by molar-refractivity contribution is -0.202. The molecule has 2 aliphatic heterocycles. The highest BCUT2D eigenvalue weighted by Gasteiger charge is 2.52. The van der Waals surface area contributed by atoms with Crippen LogP contribution in [0.3, 0.4) is 0 Å². The molecule has 1 aliphatic carbocycles. The normalized spacial score (nSPS) is 40.4. The molecule has 3 aliphatic rings. The van der Waals surface area contributed by atoms with Crippen LogP contribution in [0.25, 0.3) is 0 Å². The van der Waals surface area contributed by atoms with Crippen LogP contribution in [-0.2, 0) is 4.79 Å². The number of alkyl halides is 3. The molecule has 1 amide bonds. The van der Waals surface area contributed by atoms with E-state index in [1.807, 2.05) is 0 Å². The van der Waals surface area contributed by atoms with Gasteiger partial charge in [0.1, 0.15) is 0 Å². The summed E-state index contributed by atoms with van der Waals surface area (Å²) in [6, 6.07) is -0.107. The lowest BCUT2D eigenvalue weighted by Gasteiger charge is -2.42. The maximum absolute atomic E-state index is 13.2. The van der Waals surface area contributed by atoms with Crippen molar-refractivity contribution in [3.63, 3.8) is 0 Å². The predicted octanol–water partition coefficient (Wildman–Crippen LogP) is 2.87. The van der Waals surface area contributed by atoms with Crippen molar-refractivity contribution in [2.24, 2.45) is 11.8 Å². The van der Waals surface area contributed by atoms with Crippen molar-refractivity contribution in [3.05, 3.63) is 0 Å². The van der Waals surface area contributed by atoms with Gasteiger partial charge in [0.2, 0.25) is 5.91 Å². The van der Waals surface area contributed by atoms with Crippen LogP contribution in [0.4, 0.5) is 13.2 Å². The van der Waals surface area contributed by atoms with Gasteiger partial charge in [-0.3, -0.25) is 4.79 Å². The third-order valence-corrected chi connectivity index (χ3v) is 5.47. The Balaban J connectivity index is 1.78. The molecule has 0 radical (unpaired) electrons. The number of aliphatic hydroxyl groups excluding tert-OH is 1. The van der Waals surface area contributed by atoms with Gasteiger partial charge in [-0.15, -0.1) is 0 Å². The summed E-state index contributed by atoms with van der Waals surface area (Å²) in [5, 5.41) is 9.76. The molecule has 4 unspecified atom stereocenters. The van der Waals surface area contributed by atoms with Crippen LogP contribution in [0.2, 0.25) is 0 Å². The van der Waals surface area contributed by atoms with E-state index in [1.165, 1.54) is 0 Å². The smallest absolute Gasteiger partial charge is 0.392 e. The summed E-state index contributed by atoms with van der Waals surface area (Å²) in [4.78, 5) is 14.4. The van der Waals surface area contributed by atoms with E-state index in [1.54, 1.807) is 4.90 Å². The molecular formula is C15H22F3NO2. The van der Waals surface area contributed by atoms with Crippen LogP contribution in [0.15, 0.2) is 0 Å². The number of carbonyl (C=O) groups excluding carboxylic acids is 1. The molecule has 4 atom stereocenters. The zero-order valence-electron chi connectivity index (χ0n) is 12.0. The lowest BCUT2D eigenvalue weighted by atomic mass is 9.77. The zero-order chi connectivity index (χ0) is 15.2. The zero-order valence-corrected chi connectivity index (χ0v) is 12.0. The molecule has 2 saturated heterocycles. The summed E-state index contributed by atoms with van der Waals surface area (Å²) in [6.07, 6.45) is -0.335. The molecule has 3 rings (SSSR count). The first-order valence-corrected chi connectivity index (χ1v) is 7.95. The minimum Gasteiger partial charge on any atom is -0.393 e. The molecule has 2 bridgehead atoms. The van der Waals surface area contributed by atoms with E-state index in [0.717, 1.165) is 12.8 Å². The number of piperidine rings is 1. The molecule has 3 fully saturated rings. The Kier molecular flexibility index (Phi) is 3.93. The van der Waals surface area contributed by atoms with Gasteiger partial charge in [-0.05, 0) is 38.5 Å². The van der Waals surface area contributed by atoms with E-state index < -0.39 is 24.1 Å². The van der Waals surface area contributed by atoms with E-state index in [2.05, 4.69) is 0 Å². The van der Waals surface area contributed by atoms with Crippen molar-refractivity contribution >= 4 is 5.91 Å². The molecule has 2 heterocycles. The third-order valence-electron chi connectivity index (χ3n) is 5.47. The van der Waals surface area contributed by atoms with Crippen molar-refractivity contribution in [1.82, 2.24) is 4.90 Å². The Labute approximate surface area is 122 Å². The van der Waals surface area contributed by atoms with Gasteiger partial charge in [0.05, 0.1) is 12.0 Å². The number of hydrogen-bond donors (Lipinski definition) is 1. The topological polar surface area (TPSA) is 40.5 Å². The van der Waals surface area contributed by atoms with Crippen molar-refractivity contribution in [1.29, 1.82) is 0 Å². The standard InChI is InChI=1S/C15H22F3NO2/c16-15(17,18)13-4-2-1-3-12(13)14(21)19-9-5-6-10(19)8-11(20)7-9/h9-13,20H,1-8H2. The molecule has 0 spiro atoms. The van der Waals surface area contributed by atoms with Gasteiger partial charge >= 0.3 is 6.18 Å². The lowest BCUT2D eigenvalue weighted by Crippen LogP contribution is -2.52. The fraction of sp³-hybridized carbons (Fsp3) is 0.933. The van der Waals surface area contributed by atoms with Crippen molar-refractivity contribution in [3.8, 4) is 0 Å². The fourth-order valence-corrected chi connectivity index (χ4v) is 4.52. The Hall–Kier alpha value is -0.780. The van der Waals surface area contributed by atoms with Crippen LogP contribution < -0.4 is 0 Å². The maximum Gasteiger partial charge on any atom is 0.392 e. The highest BCUT2D eigenvalue weighted by molar-refractivity contribution is 5.80. The van der Waals surface area contributed by atoms with Gasteiger partial charge in [0, 0.05) is 18.0 Å². The van der Waals surface area contributed by atoms with Crippen molar-refractivity contribution in [2.75, 3.05) is 0 Å². The molecule has 0 aromatic rings. The van der Waals surface area contributed by atoms with E-state index in [4.69, 9.17) is 0 Å². The summed E-state index contributed by atoms with van der Waals surface area (Å²) < 4.78 is 39.5. The second-order valence-electron chi connectivity index (χ2n) is 6.79. The maximum atomic E-state index is 13.2. The van der Waals surface area contributed by atoms with E-state index in [9.17, 15) is 23.1 Å². The predicted molar refractivity (Wildman–Crippen MR) is 70.4 cm³/mol. The number of nitrogens with zero attached hydrogens (tertiary/aromatic N) is 1. The second-order valence-corrected chi connectivity index (χ2v) is 6.79. The van der Waals surface area contributed by atoms with Crippen molar-refractivity contribution < 1.29 is 23.1 Å². The number of carbonyl (C=O) groups is 1. The molecule has 0 aromatic carbocycles. The quantitative estimate of drug-likeness (QED) is 0.809. The Bertz CT molecular complexity index is 398. The number of rotatable bonds is 1. The summed E-state index contributed by atoms with van der Waals surface area (Å²) in [7, 11) is 0. The van der Waals surface area contributed by atoms with E-state index in [0.29, 0.717) is 32.1 Å². The van der Waals surface area contributed by atoms with Crippen LogP contribution in [0, 0.1) is 11.8 Å². The summed E-state index contributed by atoms with van der Waals surface area (Å²) in [5.41, 5.74) is 0. The van der Waals surface area contributed by atoms with Crippen LogP contribution in [-0.4, -0.2) is 40.3 Å². The van der Waals surface area contributed by atoms with Gasteiger partial charge in [-0.1, -0.05) is 12.8 Å². The summed E-state index contributed by atoms with van der Waals surface area (Å²) in [6.45, 7) is 0. The monoisotopic (exact) mass is 305 g/mol.